The number of benzene rings is 3. The number of carbonyl (C=O) groups is 2. The average molecular weight is 447 g/mol. The van der Waals surface area contributed by atoms with E-state index in [0.29, 0.717) is 35.8 Å². The number of rotatable bonds is 8. The Morgan fingerprint density at radius 1 is 0.970 bits per heavy atom. The summed E-state index contributed by atoms with van der Waals surface area (Å²) in [5, 5.41) is 5.81. The maximum absolute atomic E-state index is 12.6. The lowest BCUT2D eigenvalue weighted by Gasteiger charge is -2.24. The van der Waals surface area contributed by atoms with Gasteiger partial charge < -0.3 is 24.8 Å². The third-order valence-corrected chi connectivity index (χ3v) is 5.57. The van der Waals surface area contributed by atoms with Crippen LogP contribution in [0.25, 0.3) is 0 Å². The third kappa shape index (κ3) is 5.44. The molecule has 1 atom stereocenters. The zero-order valence-electron chi connectivity index (χ0n) is 18.6. The molecule has 0 saturated heterocycles. The monoisotopic (exact) mass is 446 g/mol. The van der Waals surface area contributed by atoms with Crippen molar-refractivity contribution >= 4 is 23.2 Å². The number of fused-ring (bicyclic) bond motifs is 1. The van der Waals surface area contributed by atoms with Gasteiger partial charge in [0.1, 0.15) is 11.5 Å². The minimum Gasteiger partial charge on any atom is -0.497 e. The second-order valence-corrected chi connectivity index (χ2v) is 7.78. The van der Waals surface area contributed by atoms with Crippen LogP contribution in [0.15, 0.2) is 66.7 Å². The Kier molecular flexibility index (Phi) is 6.78. The maximum atomic E-state index is 12.6. The lowest BCUT2D eigenvalue weighted by Crippen LogP contribution is -2.30. The molecule has 4 rings (SSSR count). The second kappa shape index (κ2) is 10.1. The number of hydrogen-bond donors (Lipinski definition) is 2. The molecule has 7 heteroatoms. The molecule has 0 unspecified atom stereocenters. The fraction of sp³-hybridized carbons (Fsp3) is 0.231. The van der Waals surface area contributed by atoms with E-state index in [1.807, 2.05) is 24.3 Å². The number of ether oxygens (including phenoxy) is 3. The van der Waals surface area contributed by atoms with Gasteiger partial charge in [-0.2, -0.15) is 0 Å². The van der Waals surface area contributed by atoms with Gasteiger partial charge in [0.25, 0.3) is 0 Å². The third-order valence-electron chi connectivity index (χ3n) is 5.57. The SMILES string of the molecule is COc1ccc(Oc2cc(NC(=O)CC[C@@H]3Cc4ccccc4NC3=O)ccc2OC)cc1. The smallest absolute Gasteiger partial charge is 0.227 e. The molecule has 3 aromatic carbocycles. The number of amides is 2. The Bertz CT molecular complexity index is 1140. The highest BCUT2D eigenvalue weighted by molar-refractivity contribution is 5.96. The van der Waals surface area contributed by atoms with Crippen LogP contribution in [0.3, 0.4) is 0 Å². The van der Waals surface area contributed by atoms with Crippen molar-refractivity contribution < 1.29 is 23.8 Å². The zero-order chi connectivity index (χ0) is 23.2. The number of methoxy groups -OCH3 is 2. The van der Waals surface area contributed by atoms with Crippen molar-refractivity contribution in [2.75, 3.05) is 24.9 Å². The topological polar surface area (TPSA) is 85.9 Å². The molecule has 0 spiro atoms. The molecule has 0 aromatic heterocycles. The molecule has 0 radical (unpaired) electrons. The summed E-state index contributed by atoms with van der Waals surface area (Å²) in [4.78, 5) is 24.9. The first-order chi connectivity index (χ1) is 16.1. The van der Waals surface area contributed by atoms with Gasteiger partial charge >= 0.3 is 0 Å². The van der Waals surface area contributed by atoms with Crippen LogP contribution in [-0.4, -0.2) is 26.0 Å². The van der Waals surface area contributed by atoms with Crippen molar-refractivity contribution in [2.45, 2.75) is 19.3 Å². The highest BCUT2D eigenvalue weighted by Crippen LogP contribution is 2.35. The summed E-state index contributed by atoms with van der Waals surface area (Å²) in [6.45, 7) is 0. The number of carbonyl (C=O) groups excluding carboxylic acids is 2. The maximum Gasteiger partial charge on any atom is 0.227 e. The van der Waals surface area contributed by atoms with Gasteiger partial charge in [-0.1, -0.05) is 18.2 Å². The fourth-order valence-corrected chi connectivity index (χ4v) is 3.78. The quantitative estimate of drug-likeness (QED) is 0.507. The lowest BCUT2D eigenvalue weighted by atomic mass is 9.89. The Labute approximate surface area is 192 Å². The number of hydrogen-bond acceptors (Lipinski definition) is 5. The lowest BCUT2D eigenvalue weighted by molar-refractivity contribution is -0.121. The predicted molar refractivity (Wildman–Crippen MR) is 126 cm³/mol. The van der Waals surface area contributed by atoms with Gasteiger partial charge in [-0.15, -0.1) is 0 Å². The van der Waals surface area contributed by atoms with Crippen molar-refractivity contribution in [1.82, 2.24) is 0 Å². The summed E-state index contributed by atoms with van der Waals surface area (Å²) in [5.41, 5.74) is 2.53. The molecule has 0 bridgehead atoms. The van der Waals surface area contributed by atoms with E-state index >= 15 is 0 Å². The molecule has 2 amide bonds. The van der Waals surface area contributed by atoms with E-state index in [2.05, 4.69) is 10.6 Å². The standard InChI is InChI=1S/C26H26N2O5/c1-31-20-9-11-21(12-10-20)33-24-16-19(8-13-23(24)32-2)27-25(29)14-7-18-15-17-5-3-4-6-22(17)28-26(18)30/h3-6,8-13,16,18H,7,14-15H2,1-2H3,(H,27,29)(H,28,30)/t18-/m1/s1. The second-order valence-electron chi connectivity index (χ2n) is 7.78. The van der Waals surface area contributed by atoms with E-state index in [1.54, 1.807) is 56.7 Å². The van der Waals surface area contributed by atoms with Crippen molar-refractivity contribution in [3.8, 4) is 23.0 Å². The van der Waals surface area contributed by atoms with Gasteiger partial charge in [0.05, 0.1) is 14.2 Å². The van der Waals surface area contributed by atoms with Crippen molar-refractivity contribution in [3.63, 3.8) is 0 Å². The van der Waals surface area contributed by atoms with Crippen LogP contribution in [0, 0.1) is 5.92 Å². The first kappa shape index (κ1) is 22.2. The molecule has 170 valence electrons. The van der Waals surface area contributed by atoms with Gasteiger partial charge in [-0.05, 0) is 60.9 Å². The number of nitrogens with one attached hydrogen (secondary N) is 2. The molecular weight excluding hydrogens is 420 g/mol. The van der Waals surface area contributed by atoms with Gasteiger partial charge in [0, 0.05) is 29.8 Å². The van der Waals surface area contributed by atoms with Gasteiger partial charge in [0.15, 0.2) is 11.5 Å². The Hall–Kier alpha value is -4.00. The molecule has 1 aliphatic rings. The molecule has 3 aromatic rings. The van der Waals surface area contributed by atoms with Crippen LogP contribution >= 0.6 is 0 Å². The van der Waals surface area contributed by atoms with Crippen LogP contribution in [0.4, 0.5) is 11.4 Å². The molecule has 1 heterocycles. The highest BCUT2D eigenvalue weighted by atomic mass is 16.5. The van der Waals surface area contributed by atoms with E-state index in [-0.39, 0.29) is 24.2 Å². The molecule has 0 aliphatic carbocycles. The van der Waals surface area contributed by atoms with Gasteiger partial charge in [-0.25, -0.2) is 0 Å². The zero-order valence-corrected chi connectivity index (χ0v) is 18.6. The van der Waals surface area contributed by atoms with E-state index in [9.17, 15) is 9.59 Å². The normalized spacial score (nSPS) is 14.6. The molecule has 0 fully saturated rings. The average Bonchev–Trinajstić information content (AvgIpc) is 2.83. The van der Waals surface area contributed by atoms with Gasteiger partial charge in [0.2, 0.25) is 11.8 Å². The van der Waals surface area contributed by atoms with Crippen LogP contribution in [0.2, 0.25) is 0 Å². The van der Waals surface area contributed by atoms with Crippen LogP contribution in [-0.2, 0) is 16.0 Å². The molecule has 2 N–H and O–H groups in total. The van der Waals surface area contributed by atoms with E-state index in [1.165, 1.54) is 0 Å². The van der Waals surface area contributed by atoms with E-state index < -0.39 is 0 Å². The van der Waals surface area contributed by atoms with E-state index in [0.717, 1.165) is 17.0 Å². The van der Waals surface area contributed by atoms with Crippen molar-refractivity contribution in [2.24, 2.45) is 5.92 Å². The molecule has 7 nitrogen and oxygen atoms in total. The fourth-order valence-electron chi connectivity index (χ4n) is 3.78. The molecule has 0 saturated carbocycles. The van der Waals surface area contributed by atoms with Crippen LogP contribution < -0.4 is 24.8 Å². The Morgan fingerprint density at radius 2 is 1.73 bits per heavy atom. The largest absolute Gasteiger partial charge is 0.497 e. The predicted octanol–water partition coefficient (Wildman–Crippen LogP) is 5.03. The molecular formula is C26H26N2O5. The minimum absolute atomic E-state index is 0.0406. The van der Waals surface area contributed by atoms with Crippen LogP contribution in [0.5, 0.6) is 23.0 Å². The summed E-state index contributed by atoms with van der Waals surface area (Å²) in [7, 11) is 3.16. The summed E-state index contributed by atoms with van der Waals surface area (Å²) in [6.07, 6.45) is 1.34. The summed E-state index contributed by atoms with van der Waals surface area (Å²) >= 11 is 0. The molecule has 33 heavy (non-hydrogen) atoms. The first-order valence-electron chi connectivity index (χ1n) is 10.7. The minimum atomic E-state index is -0.226. The van der Waals surface area contributed by atoms with Crippen LogP contribution in [0.1, 0.15) is 18.4 Å². The summed E-state index contributed by atoms with van der Waals surface area (Å²) < 4.78 is 16.5. The van der Waals surface area contributed by atoms with Crippen molar-refractivity contribution in [1.29, 1.82) is 0 Å². The van der Waals surface area contributed by atoms with Gasteiger partial charge in [-0.3, -0.25) is 9.59 Å². The number of anilines is 2. The number of para-hydroxylation sites is 1. The Morgan fingerprint density at radius 3 is 2.48 bits per heavy atom. The Balaban J connectivity index is 1.37. The first-order valence-corrected chi connectivity index (χ1v) is 10.7. The summed E-state index contributed by atoms with van der Waals surface area (Å²) in [5.74, 6) is 1.93. The molecule has 1 aliphatic heterocycles. The summed E-state index contributed by atoms with van der Waals surface area (Å²) in [6, 6.07) is 20.1. The van der Waals surface area contributed by atoms with Crippen molar-refractivity contribution in [3.05, 3.63) is 72.3 Å². The highest BCUT2D eigenvalue weighted by Gasteiger charge is 2.26. The van der Waals surface area contributed by atoms with E-state index in [4.69, 9.17) is 14.2 Å².